The maximum absolute atomic E-state index is 12.8. The summed E-state index contributed by atoms with van der Waals surface area (Å²) in [4.78, 5) is 24.8. The molecule has 5 nitrogen and oxygen atoms in total. The van der Waals surface area contributed by atoms with E-state index in [9.17, 15) is 4.79 Å². The summed E-state index contributed by atoms with van der Waals surface area (Å²) in [6.07, 6.45) is 2.43. The minimum atomic E-state index is 0.0402. The maximum atomic E-state index is 12.8. The predicted molar refractivity (Wildman–Crippen MR) is 81.1 cm³/mol. The number of nitrogens with one attached hydrogen (secondary N) is 1. The molecule has 4 heterocycles. The molecule has 0 aliphatic carbocycles. The Morgan fingerprint density at radius 1 is 1.24 bits per heavy atom. The average Bonchev–Trinajstić information content (AvgIpc) is 2.73. The number of H-pyrrole nitrogens is 1. The van der Waals surface area contributed by atoms with Gasteiger partial charge in [-0.25, -0.2) is 4.98 Å². The normalized spacial score (nSPS) is 26.2. The summed E-state index contributed by atoms with van der Waals surface area (Å²) in [6, 6.07) is 8.28. The number of carbonyl (C=O) groups excluding carboxylic acids is 1. The van der Waals surface area contributed by atoms with Gasteiger partial charge in [0, 0.05) is 25.7 Å². The third-order valence-corrected chi connectivity index (χ3v) is 4.87. The summed E-state index contributed by atoms with van der Waals surface area (Å²) in [7, 11) is 2.17. The summed E-state index contributed by atoms with van der Waals surface area (Å²) < 4.78 is 0. The van der Waals surface area contributed by atoms with Crippen molar-refractivity contribution in [3.8, 4) is 0 Å². The van der Waals surface area contributed by atoms with Crippen LogP contribution in [-0.4, -0.2) is 58.4 Å². The van der Waals surface area contributed by atoms with Crippen molar-refractivity contribution in [3.05, 3.63) is 30.1 Å². The van der Waals surface area contributed by atoms with Gasteiger partial charge >= 0.3 is 0 Å². The first-order valence-corrected chi connectivity index (χ1v) is 7.65. The molecule has 1 amide bonds. The summed E-state index contributed by atoms with van der Waals surface area (Å²) >= 11 is 0. The number of aromatic amines is 1. The lowest BCUT2D eigenvalue weighted by Gasteiger charge is -2.32. The van der Waals surface area contributed by atoms with E-state index in [2.05, 4.69) is 21.9 Å². The molecule has 0 unspecified atom stereocenters. The molecule has 0 spiro atoms. The van der Waals surface area contributed by atoms with Gasteiger partial charge < -0.3 is 14.8 Å². The molecule has 21 heavy (non-hydrogen) atoms. The lowest BCUT2D eigenvalue weighted by atomic mass is 9.96. The number of amides is 1. The lowest BCUT2D eigenvalue weighted by Crippen LogP contribution is -2.42. The number of aromatic nitrogens is 2. The third kappa shape index (κ3) is 2.21. The highest BCUT2D eigenvalue weighted by molar-refractivity contribution is 5.94. The number of likely N-dealkylation sites (N-methyl/N-ethyl adjacent to an activating group) is 1. The highest BCUT2D eigenvalue weighted by Gasteiger charge is 2.35. The van der Waals surface area contributed by atoms with Crippen LogP contribution in [0.4, 0.5) is 0 Å². The van der Waals surface area contributed by atoms with E-state index in [0.717, 1.165) is 30.7 Å². The maximum Gasteiger partial charge on any atom is 0.289 e. The van der Waals surface area contributed by atoms with Crippen LogP contribution in [0.5, 0.6) is 0 Å². The van der Waals surface area contributed by atoms with Crippen LogP contribution in [-0.2, 0) is 0 Å². The fourth-order valence-corrected chi connectivity index (χ4v) is 3.69. The van der Waals surface area contributed by atoms with Crippen LogP contribution in [0.25, 0.3) is 11.0 Å². The standard InChI is InChI=1S/C16H20N4O/c1-19-8-11-6-7-12(19)10-20(9-11)16(21)15-17-13-4-2-3-5-14(13)18-15/h2-5,11-12H,6-10H2,1H3,(H,17,18)/t11-,12-/m1/s1. The fraction of sp³-hybridized carbons (Fsp3) is 0.500. The van der Waals surface area contributed by atoms with Gasteiger partial charge in [0.2, 0.25) is 0 Å². The monoisotopic (exact) mass is 284 g/mol. The van der Waals surface area contributed by atoms with Crippen molar-refractivity contribution in [2.75, 3.05) is 26.7 Å². The molecule has 2 bridgehead atoms. The SMILES string of the molecule is CN1C[C@H]2CC[C@@H]1CN(C(=O)c1nc3ccccc3[nH]1)C2. The van der Waals surface area contributed by atoms with E-state index < -0.39 is 0 Å². The van der Waals surface area contributed by atoms with Gasteiger partial charge in [-0.3, -0.25) is 4.79 Å². The number of carbonyl (C=O) groups is 1. The second kappa shape index (κ2) is 4.84. The highest BCUT2D eigenvalue weighted by Crippen LogP contribution is 2.27. The number of hydrogen-bond acceptors (Lipinski definition) is 3. The molecule has 0 radical (unpaired) electrons. The zero-order chi connectivity index (χ0) is 14.4. The van der Waals surface area contributed by atoms with Gasteiger partial charge in [-0.05, 0) is 37.9 Å². The van der Waals surface area contributed by atoms with Gasteiger partial charge in [-0.15, -0.1) is 0 Å². The van der Waals surface area contributed by atoms with E-state index in [4.69, 9.17) is 0 Å². The van der Waals surface area contributed by atoms with Gasteiger partial charge in [0.25, 0.3) is 5.91 Å². The second-order valence-corrected chi connectivity index (χ2v) is 6.35. The Morgan fingerprint density at radius 2 is 2.10 bits per heavy atom. The minimum Gasteiger partial charge on any atom is -0.334 e. The molecule has 1 aromatic heterocycles. The Labute approximate surface area is 123 Å². The predicted octanol–water partition coefficient (Wildman–Crippen LogP) is 1.73. The zero-order valence-electron chi connectivity index (χ0n) is 12.2. The van der Waals surface area contributed by atoms with E-state index in [1.54, 1.807) is 0 Å². The number of piperidine rings is 1. The Hall–Kier alpha value is -1.88. The molecule has 1 aromatic carbocycles. The van der Waals surface area contributed by atoms with Crippen LogP contribution in [0.15, 0.2) is 24.3 Å². The topological polar surface area (TPSA) is 52.2 Å². The molecule has 3 aliphatic rings. The van der Waals surface area contributed by atoms with Crippen molar-refractivity contribution >= 4 is 16.9 Å². The van der Waals surface area contributed by atoms with Crippen LogP contribution < -0.4 is 0 Å². The molecule has 1 N–H and O–H groups in total. The summed E-state index contributed by atoms with van der Waals surface area (Å²) in [5.74, 6) is 1.11. The zero-order valence-corrected chi connectivity index (χ0v) is 12.2. The van der Waals surface area contributed by atoms with Crippen molar-refractivity contribution in [1.82, 2.24) is 19.8 Å². The molecule has 0 saturated carbocycles. The summed E-state index contributed by atoms with van der Waals surface area (Å²) in [5.41, 5.74) is 1.78. The van der Waals surface area contributed by atoms with Crippen LogP contribution in [0.1, 0.15) is 23.5 Å². The number of fused-ring (bicyclic) bond motifs is 5. The lowest BCUT2D eigenvalue weighted by molar-refractivity contribution is 0.0732. The second-order valence-electron chi connectivity index (χ2n) is 6.35. The van der Waals surface area contributed by atoms with E-state index in [1.165, 1.54) is 12.8 Å². The van der Waals surface area contributed by atoms with E-state index in [-0.39, 0.29) is 5.91 Å². The van der Waals surface area contributed by atoms with Crippen LogP contribution >= 0.6 is 0 Å². The number of nitrogens with zero attached hydrogens (tertiary/aromatic N) is 3. The summed E-state index contributed by atoms with van der Waals surface area (Å²) in [6.45, 7) is 2.79. The Kier molecular flexibility index (Phi) is 2.96. The van der Waals surface area contributed by atoms with Crippen LogP contribution in [0.2, 0.25) is 0 Å². The van der Waals surface area contributed by atoms with Crippen molar-refractivity contribution in [3.63, 3.8) is 0 Å². The largest absolute Gasteiger partial charge is 0.334 e. The number of benzene rings is 1. The molecule has 2 aromatic rings. The smallest absolute Gasteiger partial charge is 0.289 e. The van der Waals surface area contributed by atoms with Gasteiger partial charge in [0.05, 0.1) is 11.0 Å². The van der Waals surface area contributed by atoms with Crippen molar-refractivity contribution < 1.29 is 4.79 Å². The number of para-hydroxylation sites is 2. The van der Waals surface area contributed by atoms with Crippen molar-refractivity contribution in [2.45, 2.75) is 18.9 Å². The first kappa shape index (κ1) is 12.8. The first-order valence-electron chi connectivity index (χ1n) is 7.65. The number of imidazole rings is 1. The van der Waals surface area contributed by atoms with Crippen molar-refractivity contribution in [2.24, 2.45) is 5.92 Å². The van der Waals surface area contributed by atoms with E-state index in [1.807, 2.05) is 29.2 Å². The molecule has 5 heteroatoms. The molecule has 5 rings (SSSR count). The molecule has 3 saturated heterocycles. The van der Waals surface area contributed by atoms with E-state index >= 15 is 0 Å². The van der Waals surface area contributed by atoms with Gasteiger partial charge in [0.15, 0.2) is 5.82 Å². The first-order chi connectivity index (χ1) is 10.2. The summed E-state index contributed by atoms with van der Waals surface area (Å²) in [5, 5.41) is 0. The third-order valence-electron chi connectivity index (χ3n) is 4.87. The van der Waals surface area contributed by atoms with Gasteiger partial charge in [0.1, 0.15) is 0 Å². The Morgan fingerprint density at radius 3 is 2.90 bits per heavy atom. The quantitative estimate of drug-likeness (QED) is 0.867. The molecule has 2 atom stereocenters. The molecule has 3 fully saturated rings. The average molecular weight is 284 g/mol. The van der Waals surface area contributed by atoms with E-state index in [0.29, 0.717) is 17.8 Å². The number of rotatable bonds is 1. The van der Waals surface area contributed by atoms with Crippen LogP contribution in [0.3, 0.4) is 0 Å². The molecule has 110 valence electrons. The highest BCUT2D eigenvalue weighted by atomic mass is 16.2. The minimum absolute atomic E-state index is 0.0402. The van der Waals surface area contributed by atoms with Gasteiger partial charge in [-0.2, -0.15) is 0 Å². The van der Waals surface area contributed by atoms with Crippen molar-refractivity contribution in [1.29, 1.82) is 0 Å². The Balaban J connectivity index is 1.62. The molecular weight excluding hydrogens is 264 g/mol. The molecule has 3 aliphatic heterocycles. The van der Waals surface area contributed by atoms with Gasteiger partial charge in [-0.1, -0.05) is 12.1 Å². The number of hydrogen-bond donors (Lipinski definition) is 1. The molecular formula is C16H20N4O. The fourth-order valence-electron chi connectivity index (χ4n) is 3.69. The van der Waals surface area contributed by atoms with Crippen LogP contribution in [0, 0.1) is 5.92 Å². The Bertz CT molecular complexity index is 647.